The summed E-state index contributed by atoms with van der Waals surface area (Å²) in [6, 6.07) is 8.34. The van der Waals surface area contributed by atoms with Gasteiger partial charge in [-0.05, 0) is 43.0 Å². The summed E-state index contributed by atoms with van der Waals surface area (Å²) in [5.41, 5.74) is 1.63. The minimum absolute atomic E-state index is 0.236. The van der Waals surface area contributed by atoms with Crippen molar-refractivity contribution in [2.75, 3.05) is 13.1 Å². The van der Waals surface area contributed by atoms with Crippen molar-refractivity contribution in [3.05, 3.63) is 47.0 Å². The molecule has 2 heteroatoms. The Labute approximate surface area is 115 Å². The van der Waals surface area contributed by atoms with Crippen molar-refractivity contribution in [2.24, 2.45) is 5.92 Å². The van der Waals surface area contributed by atoms with Gasteiger partial charge in [0.05, 0.1) is 0 Å². The molecule has 1 nitrogen and oxygen atoms in total. The second-order valence-corrected chi connectivity index (χ2v) is 6.13. The number of hydrogen-bond acceptors (Lipinski definition) is 1. The van der Waals surface area contributed by atoms with Crippen molar-refractivity contribution in [2.45, 2.75) is 32.1 Å². The highest BCUT2D eigenvalue weighted by Crippen LogP contribution is 2.37. The maximum absolute atomic E-state index is 5.98. The first-order chi connectivity index (χ1) is 8.62. The van der Waals surface area contributed by atoms with Crippen molar-refractivity contribution in [1.82, 2.24) is 5.32 Å². The third-order valence-electron chi connectivity index (χ3n) is 3.66. The number of rotatable bonds is 5. The van der Waals surface area contributed by atoms with Crippen LogP contribution in [0.4, 0.5) is 0 Å². The number of hydrogen-bond donors (Lipinski definition) is 1. The highest BCUT2D eigenvalue weighted by Gasteiger charge is 2.32. The Morgan fingerprint density at radius 2 is 1.78 bits per heavy atom. The van der Waals surface area contributed by atoms with E-state index in [9.17, 15) is 0 Å². The molecule has 1 aliphatic carbocycles. The van der Waals surface area contributed by atoms with Gasteiger partial charge in [0.1, 0.15) is 0 Å². The van der Waals surface area contributed by atoms with Crippen molar-refractivity contribution >= 4 is 11.6 Å². The van der Waals surface area contributed by atoms with Crippen LogP contribution in [0.25, 0.3) is 0 Å². The predicted molar refractivity (Wildman–Crippen MR) is 79.2 cm³/mol. The molecular formula is C16H22ClN. The number of halogens is 1. The molecule has 0 aliphatic heterocycles. The summed E-state index contributed by atoms with van der Waals surface area (Å²) in [7, 11) is 0. The van der Waals surface area contributed by atoms with E-state index in [1.54, 1.807) is 0 Å². The van der Waals surface area contributed by atoms with E-state index in [4.69, 9.17) is 11.6 Å². The molecule has 0 saturated carbocycles. The average Bonchev–Trinajstić information content (AvgIpc) is 2.79. The van der Waals surface area contributed by atoms with E-state index in [0.717, 1.165) is 31.0 Å². The Balaban J connectivity index is 2.09. The molecule has 0 radical (unpaired) electrons. The molecule has 2 rings (SSSR count). The zero-order valence-electron chi connectivity index (χ0n) is 11.2. The Kier molecular flexibility index (Phi) is 4.47. The SMILES string of the molecule is CC(C)CNCC1(c2ccc(Cl)cc2)CC=CC1. The largest absolute Gasteiger partial charge is 0.316 e. The summed E-state index contributed by atoms with van der Waals surface area (Å²) in [6.45, 7) is 6.61. The molecule has 0 aromatic heterocycles. The second kappa shape index (κ2) is 5.90. The van der Waals surface area contributed by atoms with Crippen LogP contribution in [0, 0.1) is 5.92 Å². The van der Waals surface area contributed by atoms with Gasteiger partial charge < -0.3 is 5.32 Å². The summed E-state index contributed by atoms with van der Waals surface area (Å²) < 4.78 is 0. The summed E-state index contributed by atoms with van der Waals surface area (Å²) in [5.74, 6) is 0.696. The van der Waals surface area contributed by atoms with E-state index in [-0.39, 0.29) is 5.41 Å². The Morgan fingerprint density at radius 3 is 2.33 bits per heavy atom. The van der Waals surface area contributed by atoms with E-state index >= 15 is 0 Å². The van der Waals surface area contributed by atoms with Crippen molar-refractivity contribution in [1.29, 1.82) is 0 Å². The number of allylic oxidation sites excluding steroid dienone is 2. The van der Waals surface area contributed by atoms with Gasteiger partial charge in [-0.1, -0.05) is 49.7 Å². The third-order valence-corrected chi connectivity index (χ3v) is 3.91. The molecule has 0 unspecified atom stereocenters. The van der Waals surface area contributed by atoms with Crippen LogP contribution < -0.4 is 5.32 Å². The molecule has 1 aromatic carbocycles. The lowest BCUT2D eigenvalue weighted by Crippen LogP contribution is -2.37. The summed E-state index contributed by atoms with van der Waals surface area (Å²) in [6.07, 6.45) is 6.84. The minimum atomic E-state index is 0.236. The third kappa shape index (κ3) is 3.15. The molecule has 0 heterocycles. The van der Waals surface area contributed by atoms with Crippen molar-refractivity contribution in [3.63, 3.8) is 0 Å². The molecular weight excluding hydrogens is 242 g/mol. The Hall–Kier alpha value is -0.790. The fourth-order valence-corrected chi connectivity index (χ4v) is 2.71. The molecule has 1 aromatic rings. The van der Waals surface area contributed by atoms with Crippen LogP contribution in [-0.2, 0) is 5.41 Å². The quantitative estimate of drug-likeness (QED) is 0.786. The molecule has 0 spiro atoms. The van der Waals surface area contributed by atoms with Gasteiger partial charge in [-0.3, -0.25) is 0 Å². The lowest BCUT2D eigenvalue weighted by molar-refractivity contribution is 0.402. The van der Waals surface area contributed by atoms with Crippen LogP contribution in [0.1, 0.15) is 32.3 Å². The summed E-state index contributed by atoms with van der Waals surface area (Å²) in [4.78, 5) is 0. The van der Waals surface area contributed by atoms with Crippen molar-refractivity contribution in [3.8, 4) is 0 Å². The minimum Gasteiger partial charge on any atom is -0.316 e. The molecule has 0 saturated heterocycles. The number of nitrogens with one attached hydrogen (secondary N) is 1. The standard InChI is InChI=1S/C16H22ClN/c1-13(2)11-18-12-16(9-3-4-10-16)14-5-7-15(17)8-6-14/h3-8,13,18H,9-12H2,1-2H3. The van der Waals surface area contributed by atoms with Crippen molar-refractivity contribution < 1.29 is 0 Å². The fourth-order valence-electron chi connectivity index (χ4n) is 2.59. The highest BCUT2D eigenvalue weighted by atomic mass is 35.5. The van der Waals surface area contributed by atoms with Gasteiger partial charge in [-0.2, -0.15) is 0 Å². The highest BCUT2D eigenvalue weighted by molar-refractivity contribution is 6.30. The van der Waals surface area contributed by atoms with E-state index in [2.05, 4.69) is 43.4 Å². The van der Waals surface area contributed by atoms with Crippen LogP contribution in [0.15, 0.2) is 36.4 Å². The first-order valence-electron chi connectivity index (χ1n) is 6.74. The molecule has 98 valence electrons. The van der Waals surface area contributed by atoms with E-state index in [1.807, 2.05) is 12.1 Å². The summed E-state index contributed by atoms with van der Waals surface area (Å²) >= 11 is 5.98. The Bertz CT molecular complexity index is 398. The Morgan fingerprint density at radius 1 is 1.17 bits per heavy atom. The monoisotopic (exact) mass is 263 g/mol. The zero-order valence-corrected chi connectivity index (χ0v) is 12.0. The van der Waals surface area contributed by atoms with Gasteiger partial charge in [0, 0.05) is 17.0 Å². The maximum Gasteiger partial charge on any atom is 0.0406 e. The topological polar surface area (TPSA) is 12.0 Å². The fraction of sp³-hybridized carbons (Fsp3) is 0.500. The van der Waals surface area contributed by atoms with Gasteiger partial charge in [0.25, 0.3) is 0 Å². The van der Waals surface area contributed by atoms with E-state index < -0.39 is 0 Å². The van der Waals surface area contributed by atoms with Gasteiger partial charge in [0.15, 0.2) is 0 Å². The molecule has 0 atom stereocenters. The zero-order chi connectivity index (χ0) is 13.0. The molecule has 1 aliphatic rings. The van der Waals surface area contributed by atoms with Crippen LogP contribution in [0.5, 0.6) is 0 Å². The second-order valence-electron chi connectivity index (χ2n) is 5.69. The van der Waals surface area contributed by atoms with Gasteiger partial charge in [0.2, 0.25) is 0 Å². The maximum atomic E-state index is 5.98. The van der Waals surface area contributed by atoms with Gasteiger partial charge >= 0.3 is 0 Å². The molecule has 18 heavy (non-hydrogen) atoms. The lowest BCUT2D eigenvalue weighted by atomic mass is 9.78. The average molecular weight is 264 g/mol. The first kappa shape index (κ1) is 13.6. The van der Waals surface area contributed by atoms with E-state index in [1.165, 1.54) is 5.56 Å². The van der Waals surface area contributed by atoms with Crippen LogP contribution in [0.3, 0.4) is 0 Å². The molecule has 0 bridgehead atoms. The van der Waals surface area contributed by atoms with Crippen LogP contribution in [-0.4, -0.2) is 13.1 Å². The number of benzene rings is 1. The molecule has 0 fully saturated rings. The lowest BCUT2D eigenvalue weighted by Gasteiger charge is -2.30. The van der Waals surface area contributed by atoms with Crippen LogP contribution in [0.2, 0.25) is 5.02 Å². The smallest absolute Gasteiger partial charge is 0.0406 e. The molecule has 1 N–H and O–H groups in total. The van der Waals surface area contributed by atoms with Gasteiger partial charge in [-0.15, -0.1) is 0 Å². The normalized spacial score (nSPS) is 17.6. The molecule has 0 amide bonds. The first-order valence-corrected chi connectivity index (χ1v) is 7.12. The van der Waals surface area contributed by atoms with E-state index in [0.29, 0.717) is 5.92 Å². The van der Waals surface area contributed by atoms with Gasteiger partial charge in [-0.25, -0.2) is 0 Å². The summed E-state index contributed by atoms with van der Waals surface area (Å²) in [5, 5.41) is 4.42. The van der Waals surface area contributed by atoms with Crippen LogP contribution >= 0.6 is 11.6 Å². The predicted octanol–water partition coefficient (Wildman–Crippen LogP) is 4.17.